The number of benzene rings is 1. The van der Waals surface area contributed by atoms with Gasteiger partial charge >= 0.3 is 11.7 Å². The molecule has 6 nitrogen and oxygen atoms in total. The Balaban J connectivity index is 2.17. The van der Waals surface area contributed by atoms with Gasteiger partial charge in [0.2, 0.25) is 5.82 Å². The molecule has 0 aliphatic carbocycles. The Morgan fingerprint density at radius 1 is 1.43 bits per heavy atom. The first-order chi connectivity index (χ1) is 9.99. The molecule has 0 radical (unpaired) electrons. The van der Waals surface area contributed by atoms with Gasteiger partial charge in [0.05, 0.1) is 15.5 Å². The Kier molecular flexibility index (Phi) is 4.49. The minimum Gasteiger partial charge on any atom is -0.478 e. The lowest BCUT2D eigenvalue weighted by Gasteiger charge is -2.04. The van der Waals surface area contributed by atoms with Gasteiger partial charge < -0.3 is 5.11 Å². The van der Waals surface area contributed by atoms with E-state index in [9.17, 15) is 19.3 Å². The van der Waals surface area contributed by atoms with E-state index in [0.29, 0.717) is 5.03 Å². The molecule has 0 saturated carbocycles. The van der Waals surface area contributed by atoms with Crippen molar-refractivity contribution >= 4 is 23.4 Å². The van der Waals surface area contributed by atoms with Crippen LogP contribution < -0.4 is 0 Å². The summed E-state index contributed by atoms with van der Waals surface area (Å²) in [6.07, 6.45) is 1.34. The molecule has 108 valence electrons. The minimum absolute atomic E-state index is 0.0759. The van der Waals surface area contributed by atoms with E-state index in [1.54, 1.807) is 0 Å². The third-order valence-electron chi connectivity index (χ3n) is 2.61. The predicted octanol–water partition coefficient (Wildman–Crippen LogP) is 3.12. The van der Waals surface area contributed by atoms with Crippen LogP contribution in [0.2, 0.25) is 0 Å². The first-order valence-electron chi connectivity index (χ1n) is 5.73. The summed E-state index contributed by atoms with van der Waals surface area (Å²) in [5.74, 6) is -1.85. The summed E-state index contributed by atoms with van der Waals surface area (Å²) in [7, 11) is 0. The summed E-state index contributed by atoms with van der Waals surface area (Å²) in [5.41, 5.74) is -0.343. The van der Waals surface area contributed by atoms with Gasteiger partial charge in [0, 0.05) is 23.6 Å². The molecule has 0 spiro atoms. The summed E-state index contributed by atoms with van der Waals surface area (Å²) < 4.78 is 13.9. The van der Waals surface area contributed by atoms with E-state index in [1.807, 2.05) is 0 Å². The highest BCUT2D eigenvalue weighted by Crippen LogP contribution is 2.27. The number of carbonyl (C=O) groups is 1. The molecule has 8 heteroatoms. The summed E-state index contributed by atoms with van der Waals surface area (Å²) in [6, 6.07) is 6.64. The van der Waals surface area contributed by atoms with Crippen LogP contribution in [0.5, 0.6) is 0 Å². The van der Waals surface area contributed by atoms with E-state index in [4.69, 9.17) is 5.11 Å². The van der Waals surface area contributed by atoms with Crippen molar-refractivity contribution in [2.24, 2.45) is 0 Å². The fourth-order valence-electron chi connectivity index (χ4n) is 1.59. The number of hydrogen-bond acceptors (Lipinski definition) is 5. The maximum Gasteiger partial charge on any atom is 0.335 e. The number of nitro benzene ring substituents is 1. The molecule has 0 atom stereocenters. The summed E-state index contributed by atoms with van der Waals surface area (Å²) in [6.45, 7) is 0. The van der Waals surface area contributed by atoms with Gasteiger partial charge in [-0.25, -0.2) is 9.78 Å². The largest absolute Gasteiger partial charge is 0.478 e. The van der Waals surface area contributed by atoms with Crippen molar-refractivity contribution in [2.45, 2.75) is 10.8 Å². The van der Waals surface area contributed by atoms with Gasteiger partial charge in [0.15, 0.2) is 0 Å². The molecule has 2 rings (SSSR count). The van der Waals surface area contributed by atoms with E-state index in [0.717, 1.165) is 17.8 Å². The average Bonchev–Trinajstić information content (AvgIpc) is 2.46. The molecule has 2 aromatic rings. The smallest absolute Gasteiger partial charge is 0.335 e. The number of carboxylic acid groups (broad SMARTS) is 1. The van der Waals surface area contributed by atoms with Crippen LogP contribution in [-0.2, 0) is 5.75 Å². The van der Waals surface area contributed by atoms with E-state index < -0.39 is 22.4 Å². The molecule has 0 aliphatic rings. The van der Waals surface area contributed by atoms with Crippen LogP contribution in [0.25, 0.3) is 0 Å². The molecule has 1 heterocycles. The second-order valence-corrected chi connectivity index (χ2v) is 4.98. The molecule has 1 N–H and O–H groups in total. The number of halogens is 1. The molecule has 0 fully saturated rings. The van der Waals surface area contributed by atoms with Crippen molar-refractivity contribution in [1.82, 2.24) is 4.98 Å². The lowest BCUT2D eigenvalue weighted by atomic mass is 10.2. The van der Waals surface area contributed by atoms with Crippen LogP contribution in [0, 0.1) is 15.9 Å². The number of pyridine rings is 1. The van der Waals surface area contributed by atoms with Gasteiger partial charge in [0.1, 0.15) is 0 Å². The highest BCUT2D eigenvalue weighted by atomic mass is 32.2. The first-order valence-corrected chi connectivity index (χ1v) is 6.71. The Hall–Kier alpha value is -2.48. The van der Waals surface area contributed by atoms with Crippen molar-refractivity contribution in [3.63, 3.8) is 0 Å². The number of aromatic carboxylic acids is 1. The molecule has 0 bridgehead atoms. The lowest BCUT2D eigenvalue weighted by molar-refractivity contribution is -0.387. The van der Waals surface area contributed by atoms with Crippen LogP contribution in [0.3, 0.4) is 0 Å². The number of aromatic nitrogens is 1. The predicted molar refractivity (Wildman–Crippen MR) is 73.8 cm³/mol. The second-order valence-electron chi connectivity index (χ2n) is 3.98. The highest BCUT2D eigenvalue weighted by Gasteiger charge is 2.17. The Labute approximate surface area is 122 Å². The topological polar surface area (TPSA) is 93.3 Å². The molecule has 0 amide bonds. The summed E-state index contributed by atoms with van der Waals surface area (Å²) in [4.78, 5) is 24.7. The molecular formula is C13H9FN2O4S. The lowest BCUT2D eigenvalue weighted by Crippen LogP contribution is -1.98. The maximum absolute atomic E-state index is 13.9. The van der Waals surface area contributed by atoms with Crippen LogP contribution in [0.1, 0.15) is 15.9 Å². The van der Waals surface area contributed by atoms with Gasteiger partial charge in [-0.05, 0) is 12.1 Å². The van der Waals surface area contributed by atoms with Crippen molar-refractivity contribution in [3.05, 3.63) is 63.6 Å². The van der Waals surface area contributed by atoms with E-state index in [-0.39, 0.29) is 16.9 Å². The zero-order valence-electron chi connectivity index (χ0n) is 10.5. The normalized spacial score (nSPS) is 10.3. The second kappa shape index (κ2) is 6.31. The minimum atomic E-state index is -1.08. The Morgan fingerprint density at radius 2 is 2.19 bits per heavy atom. The molecule has 1 aromatic carbocycles. The SMILES string of the molecule is O=C(O)c1ccnc(SCc2cccc([N+](=O)[O-])c2F)c1. The number of hydrogen-bond donors (Lipinski definition) is 1. The van der Waals surface area contributed by atoms with E-state index >= 15 is 0 Å². The average molecular weight is 308 g/mol. The van der Waals surface area contributed by atoms with Gasteiger partial charge in [-0.2, -0.15) is 4.39 Å². The van der Waals surface area contributed by atoms with Crippen molar-refractivity contribution in [2.75, 3.05) is 0 Å². The number of nitrogens with zero attached hydrogens (tertiary/aromatic N) is 2. The van der Waals surface area contributed by atoms with Crippen molar-refractivity contribution < 1.29 is 19.2 Å². The molecular weight excluding hydrogens is 299 g/mol. The molecule has 0 saturated heterocycles. The maximum atomic E-state index is 13.9. The van der Waals surface area contributed by atoms with Crippen LogP contribution in [0.4, 0.5) is 10.1 Å². The van der Waals surface area contributed by atoms with Gasteiger partial charge in [-0.1, -0.05) is 12.1 Å². The number of nitro groups is 1. The Morgan fingerprint density at radius 3 is 2.86 bits per heavy atom. The fraction of sp³-hybridized carbons (Fsp3) is 0.0769. The number of rotatable bonds is 5. The van der Waals surface area contributed by atoms with Crippen LogP contribution >= 0.6 is 11.8 Å². The number of carboxylic acids is 1. The zero-order valence-corrected chi connectivity index (χ0v) is 11.3. The van der Waals surface area contributed by atoms with E-state index in [1.165, 1.54) is 30.5 Å². The highest BCUT2D eigenvalue weighted by molar-refractivity contribution is 7.98. The van der Waals surface area contributed by atoms with E-state index in [2.05, 4.69) is 4.98 Å². The third-order valence-corrected chi connectivity index (χ3v) is 3.59. The standard InChI is InChI=1S/C13H9FN2O4S/c14-12-9(2-1-3-10(12)16(19)20)7-21-11-6-8(13(17)18)4-5-15-11/h1-6H,7H2,(H,17,18). The van der Waals surface area contributed by atoms with Crippen molar-refractivity contribution in [1.29, 1.82) is 0 Å². The quantitative estimate of drug-likeness (QED) is 0.518. The third kappa shape index (κ3) is 3.54. The van der Waals surface area contributed by atoms with Gasteiger partial charge in [-0.3, -0.25) is 10.1 Å². The molecule has 0 aliphatic heterocycles. The fourth-order valence-corrected chi connectivity index (χ4v) is 2.46. The monoisotopic (exact) mass is 308 g/mol. The van der Waals surface area contributed by atoms with Crippen LogP contribution in [0.15, 0.2) is 41.6 Å². The number of thioether (sulfide) groups is 1. The van der Waals surface area contributed by atoms with Gasteiger partial charge in [0.25, 0.3) is 0 Å². The van der Waals surface area contributed by atoms with Crippen LogP contribution in [-0.4, -0.2) is 21.0 Å². The molecule has 1 aromatic heterocycles. The molecule has 0 unspecified atom stereocenters. The summed E-state index contributed by atoms with van der Waals surface area (Å²) in [5, 5.41) is 19.9. The first kappa shape index (κ1) is 14.9. The Bertz CT molecular complexity index is 708. The molecule has 21 heavy (non-hydrogen) atoms. The van der Waals surface area contributed by atoms with Crippen molar-refractivity contribution in [3.8, 4) is 0 Å². The van der Waals surface area contributed by atoms with Gasteiger partial charge in [-0.15, -0.1) is 11.8 Å². The zero-order chi connectivity index (χ0) is 15.4. The summed E-state index contributed by atoms with van der Waals surface area (Å²) >= 11 is 1.10.